The molecule has 0 spiro atoms. The van der Waals surface area contributed by atoms with E-state index in [0.717, 1.165) is 48.3 Å². The van der Waals surface area contributed by atoms with Gasteiger partial charge in [0.15, 0.2) is 11.5 Å². The van der Waals surface area contributed by atoms with Crippen LogP contribution in [-0.2, 0) is 16.4 Å². The molecule has 1 aliphatic heterocycles. The summed E-state index contributed by atoms with van der Waals surface area (Å²) in [5.41, 5.74) is 4.20. The molecule has 0 saturated heterocycles. The lowest BCUT2D eigenvalue weighted by Gasteiger charge is -2.19. The van der Waals surface area contributed by atoms with Crippen LogP contribution in [0.15, 0.2) is 96.9 Å². The van der Waals surface area contributed by atoms with Gasteiger partial charge in [-0.05, 0) is 66.6 Å². The number of carbonyl (C=O) groups is 1. The Bertz CT molecular complexity index is 1950. The number of nitrogens with one attached hydrogen (secondary N) is 1. The summed E-state index contributed by atoms with van der Waals surface area (Å²) < 4.78 is 39.6. The van der Waals surface area contributed by atoms with Gasteiger partial charge in [0.2, 0.25) is 16.8 Å². The second kappa shape index (κ2) is 12.4. The third-order valence-electron chi connectivity index (χ3n) is 7.20. The van der Waals surface area contributed by atoms with E-state index in [2.05, 4.69) is 18.5 Å². The average Bonchev–Trinajstić information content (AvgIpc) is 3.74. The summed E-state index contributed by atoms with van der Waals surface area (Å²) in [6.45, 7) is 9.85. The maximum atomic E-state index is 13.5. The van der Waals surface area contributed by atoms with E-state index in [0.29, 0.717) is 17.0 Å². The first-order valence-electron chi connectivity index (χ1n) is 13.8. The van der Waals surface area contributed by atoms with E-state index < -0.39 is 10.0 Å². The Labute approximate surface area is 264 Å². The van der Waals surface area contributed by atoms with Crippen molar-refractivity contribution < 1.29 is 22.7 Å². The number of thiazole rings is 1. The predicted molar refractivity (Wildman–Crippen MR) is 177 cm³/mol. The maximum Gasteiger partial charge on any atom is 0.256 e. The van der Waals surface area contributed by atoms with Crippen molar-refractivity contribution >= 4 is 53.8 Å². The van der Waals surface area contributed by atoms with Gasteiger partial charge in [0.25, 0.3) is 5.91 Å². The van der Waals surface area contributed by atoms with Gasteiger partial charge < -0.3 is 14.8 Å². The van der Waals surface area contributed by atoms with Crippen LogP contribution in [0, 0.1) is 6.92 Å². The number of carbonyl (C=O) groups excluding carboxylic acids is 1. The number of amides is 1. The minimum Gasteiger partial charge on any atom is -0.454 e. The van der Waals surface area contributed by atoms with Crippen LogP contribution in [0.5, 0.6) is 11.5 Å². The van der Waals surface area contributed by atoms with Crippen molar-refractivity contribution in [3.8, 4) is 22.1 Å². The fourth-order valence-corrected chi connectivity index (χ4v) is 8.71. The fourth-order valence-electron chi connectivity index (χ4n) is 4.95. The Hall–Kier alpha value is -4.29. The van der Waals surface area contributed by atoms with E-state index in [4.69, 9.17) is 14.5 Å². The highest BCUT2D eigenvalue weighted by Crippen LogP contribution is 2.45. The number of benzene rings is 3. The molecule has 1 N–H and O–H groups in total. The average molecular weight is 644 g/mol. The Balaban J connectivity index is 1.32. The van der Waals surface area contributed by atoms with Crippen LogP contribution >= 0.6 is 22.7 Å². The monoisotopic (exact) mass is 643 g/mol. The lowest BCUT2D eigenvalue weighted by molar-refractivity contribution is 0.102. The highest BCUT2D eigenvalue weighted by molar-refractivity contribution is 7.89. The van der Waals surface area contributed by atoms with Gasteiger partial charge in [-0.2, -0.15) is 4.31 Å². The number of fused-ring (bicyclic) bond motifs is 2. The van der Waals surface area contributed by atoms with Gasteiger partial charge in [-0.1, -0.05) is 30.4 Å². The fraction of sp³-hybridized carbons (Fsp3) is 0.152. The quantitative estimate of drug-likeness (QED) is 0.152. The van der Waals surface area contributed by atoms with E-state index >= 15 is 0 Å². The second-order valence-electron chi connectivity index (χ2n) is 10.1. The Morgan fingerprint density at radius 1 is 1.00 bits per heavy atom. The molecule has 0 aliphatic carbocycles. The molecule has 44 heavy (non-hydrogen) atoms. The Morgan fingerprint density at radius 2 is 1.73 bits per heavy atom. The number of hydrogen-bond acceptors (Lipinski definition) is 8. The lowest BCUT2D eigenvalue weighted by atomic mass is 10.1. The SMILES string of the molecule is C=CCN(CC=C)S(=O)(=O)c1ccc(C(=O)Nc2sc(Cc3ccc4c(c3)OCO4)c(C)c2-c2nc3ccccc3s2)cc1. The molecule has 11 heteroatoms. The highest BCUT2D eigenvalue weighted by atomic mass is 32.2. The van der Waals surface area contributed by atoms with Crippen LogP contribution in [0.3, 0.4) is 0 Å². The molecule has 0 fully saturated rings. The molecule has 6 rings (SSSR count). The van der Waals surface area contributed by atoms with Gasteiger partial charge in [0.1, 0.15) is 10.0 Å². The van der Waals surface area contributed by atoms with Crippen molar-refractivity contribution in [1.82, 2.24) is 9.29 Å². The van der Waals surface area contributed by atoms with Gasteiger partial charge in [-0.3, -0.25) is 4.79 Å². The number of hydrogen-bond donors (Lipinski definition) is 1. The molecule has 0 atom stereocenters. The van der Waals surface area contributed by atoms with E-state index in [9.17, 15) is 13.2 Å². The van der Waals surface area contributed by atoms with Gasteiger partial charge in [-0.25, -0.2) is 13.4 Å². The molecule has 0 radical (unpaired) electrons. The topological polar surface area (TPSA) is 97.8 Å². The van der Waals surface area contributed by atoms with Crippen LogP contribution in [0.2, 0.25) is 0 Å². The van der Waals surface area contributed by atoms with Crippen molar-refractivity contribution in [2.24, 2.45) is 0 Å². The number of para-hydroxylation sites is 1. The molecule has 1 aliphatic rings. The largest absolute Gasteiger partial charge is 0.454 e. The normalized spacial score (nSPS) is 12.5. The van der Waals surface area contributed by atoms with E-state index in [1.165, 1.54) is 52.1 Å². The summed E-state index contributed by atoms with van der Waals surface area (Å²) in [4.78, 5) is 19.6. The zero-order chi connectivity index (χ0) is 30.8. The number of ether oxygens (including phenoxy) is 2. The molecule has 2 aromatic heterocycles. The van der Waals surface area contributed by atoms with Gasteiger partial charge >= 0.3 is 0 Å². The van der Waals surface area contributed by atoms with E-state index in [-0.39, 0.29) is 30.7 Å². The summed E-state index contributed by atoms with van der Waals surface area (Å²) >= 11 is 3.08. The molecule has 3 aromatic carbocycles. The molecular formula is C33H29N3O5S3. The molecule has 0 unspecified atom stereocenters. The number of rotatable bonds is 11. The highest BCUT2D eigenvalue weighted by Gasteiger charge is 2.25. The van der Waals surface area contributed by atoms with Crippen LogP contribution in [-0.4, -0.2) is 43.5 Å². The first-order valence-corrected chi connectivity index (χ1v) is 16.9. The maximum absolute atomic E-state index is 13.5. The summed E-state index contributed by atoms with van der Waals surface area (Å²) in [6, 6.07) is 19.8. The lowest BCUT2D eigenvalue weighted by Crippen LogP contribution is -2.31. The molecule has 0 saturated carbocycles. The van der Waals surface area contributed by atoms with Gasteiger partial charge in [-0.15, -0.1) is 35.8 Å². The molecule has 224 valence electrons. The smallest absolute Gasteiger partial charge is 0.256 e. The number of nitrogens with zero attached hydrogens (tertiary/aromatic N) is 2. The van der Waals surface area contributed by atoms with E-state index in [1.807, 2.05) is 49.4 Å². The number of anilines is 1. The molecule has 5 aromatic rings. The third kappa shape index (κ3) is 5.79. The van der Waals surface area contributed by atoms with Gasteiger partial charge in [0.05, 0.1) is 15.1 Å². The first-order chi connectivity index (χ1) is 21.3. The molecule has 0 bridgehead atoms. The summed E-state index contributed by atoms with van der Waals surface area (Å²) in [5, 5.41) is 4.60. The molecule has 3 heterocycles. The molecule has 1 amide bonds. The summed E-state index contributed by atoms with van der Waals surface area (Å²) in [5.74, 6) is 1.10. The van der Waals surface area contributed by atoms with Gasteiger partial charge in [0, 0.05) is 35.5 Å². The van der Waals surface area contributed by atoms with Crippen LogP contribution in [0.1, 0.15) is 26.4 Å². The first kappa shape index (κ1) is 29.8. The standard InChI is InChI=1S/C33H29N3O5S3/c1-4-16-36(17-5-2)44(38,39)24-13-11-23(12-14-24)31(37)35-33-30(32-34-25-8-6-7-9-28(25)42-32)21(3)29(43-33)19-22-10-15-26-27(18-22)41-20-40-26/h4-15,18H,1-2,16-17,19-20H2,3H3,(H,35,37). The summed E-state index contributed by atoms with van der Waals surface area (Å²) in [7, 11) is -3.78. The molecule has 8 nitrogen and oxygen atoms in total. The zero-order valence-corrected chi connectivity index (χ0v) is 26.4. The number of thiophene rings is 1. The molecular weight excluding hydrogens is 615 g/mol. The van der Waals surface area contributed by atoms with Crippen molar-refractivity contribution in [2.45, 2.75) is 18.2 Å². The van der Waals surface area contributed by atoms with Crippen molar-refractivity contribution in [2.75, 3.05) is 25.2 Å². The zero-order valence-electron chi connectivity index (χ0n) is 23.9. The van der Waals surface area contributed by atoms with Crippen molar-refractivity contribution in [3.63, 3.8) is 0 Å². The van der Waals surface area contributed by atoms with Crippen LogP contribution < -0.4 is 14.8 Å². The Kier molecular flexibility index (Phi) is 8.37. The predicted octanol–water partition coefficient (Wildman–Crippen LogP) is 7.27. The van der Waals surface area contributed by atoms with Crippen molar-refractivity contribution in [1.29, 1.82) is 0 Å². The minimum atomic E-state index is -3.78. The summed E-state index contributed by atoms with van der Waals surface area (Å²) in [6.07, 6.45) is 3.69. The van der Waals surface area contributed by atoms with Crippen LogP contribution in [0.25, 0.3) is 20.8 Å². The second-order valence-corrected chi connectivity index (χ2v) is 14.2. The van der Waals surface area contributed by atoms with Crippen molar-refractivity contribution in [3.05, 3.63) is 114 Å². The van der Waals surface area contributed by atoms with Crippen LogP contribution in [0.4, 0.5) is 5.00 Å². The number of sulfonamides is 1. The third-order valence-corrected chi connectivity index (χ3v) is 11.3. The number of aromatic nitrogens is 1. The Morgan fingerprint density at radius 3 is 2.45 bits per heavy atom. The van der Waals surface area contributed by atoms with E-state index in [1.54, 1.807) is 11.3 Å². The minimum absolute atomic E-state index is 0.0888.